The van der Waals surface area contributed by atoms with Gasteiger partial charge in [0.15, 0.2) is 5.16 Å². The average molecular weight is 277 g/mol. The van der Waals surface area contributed by atoms with Crippen molar-refractivity contribution in [2.75, 3.05) is 5.75 Å². The number of aliphatic carboxylic acids is 1. The number of rotatable bonds is 5. The van der Waals surface area contributed by atoms with Crippen LogP contribution in [-0.4, -0.2) is 31.4 Å². The highest BCUT2D eigenvalue weighted by atomic mass is 32.2. The third-order valence-corrected chi connectivity index (χ3v) is 4.44. The fourth-order valence-electron chi connectivity index (χ4n) is 2.10. The Labute approximate surface area is 115 Å². The molecule has 1 saturated carbocycles. The standard InChI is InChI=1S/C13H15N3O2S/c1-13(3-4-13)8-16-10-2-5-14-6-9(10)15-12(16)19-7-11(17)18/h2,5-6H,3-4,7-8H2,1H3,(H,17,18). The number of hydrogen-bond donors (Lipinski definition) is 1. The van der Waals surface area contributed by atoms with E-state index in [2.05, 4.69) is 21.5 Å². The first-order valence-electron chi connectivity index (χ1n) is 6.22. The number of carboxylic acids is 1. The van der Waals surface area contributed by atoms with Crippen LogP contribution >= 0.6 is 11.8 Å². The van der Waals surface area contributed by atoms with Gasteiger partial charge in [0.05, 0.1) is 17.5 Å². The molecule has 0 spiro atoms. The Bertz CT molecular complexity index is 634. The lowest BCUT2D eigenvalue weighted by molar-refractivity contribution is -0.133. The predicted octanol–water partition coefficient (Wildman–Crippen LogP) is 2.41. The lowest BCUT2D eigenvalue weighted by Crippen LogP contribution is -2.10. The molecule has 1 aliphatic rings. The van der Waals surface area contributed by atoms with Gasteiger partial charge in [-0.2, -0.15) is 0 Å². The minimum absolute atomic E-state index is 0.0352. The van der Waals surface area contributed by atoms with Crippen LogP contribution in [-0.2, 0) is 11.3 Å². The number of aromatic nitrogens is 3. The van der Waals surface area contributed by atoms with Gasteiger partial charge in [0.2, 0.25) is 0 Å². The minimum Gasteiger partial charge on any atom is -0.481 e. The number of fused-ring (bicyclic) bond motifs is 1. The summed E-state index contributed by atoms with van der Waals surface area (Å²) in [5.74, 6) is -0.785. The van der Waals surface area contributed by atoms with E-state index in [4.69, 9.17) is 5.11 Å². The van der Waals surface area contributed by atoms with Crippen molar-refractivity contribution in [3.05, 3.63) is 18.5 Å². The smallest absolute Gasteiger partial charge is 0.313 e. The van der Waals surface area contributed by atoms with Crippen LogP contribution in [0, 0.1) is 5.41 Å². The summed E-state index contributed by atoms with van der Waals surface area (Å²) in [6.45, 7) is 3.15. The zero-order valence-electron chi connectivity index (χ0n) is 10.7. The zero-order valence-corrected chi connectivity index (χ0v) is 11.5. The highest BCUT2D eigenvalue weighted by molar-refractivity contribution is 7.99. The van der Waals surface area contributed by atoms with E-state index < -0.39 is 5.97 Å². The van der Waals surface area contributed by atoms with Gasteiger partial charge in [-0.3, -0.25) is 9.78 Å². The predicted molar refractivity (Wildman–Crippen MR) is 73.2 cm³/mol. The Hall–Kier alpha value is -1.56. The van der Waals surface area contributed by atoms with E-state index in [0.717, 1.165) is 22.7 Å². The molecule has 3 rings (SSSR count). The van der Waals surface area contributed by atoms with E-state index in [1.807, 2.05) is 6.07 Å². The normalized spacial score (nSPS) is 16.7. The second-order valence-corrected chi connectivity index (χ2v) is 6.28. The third-order valence-electron chi connectivity index (χ3n) is 3.48. The molecule has 6 heteroatoms. The van der Waals surface area contributed by atoms with Gasteiger partial charge in [-0.15, -0.1) is 0 Å². The van der Waals surface area contributed by atoms with Gasteiger partial charge in [0.1, 0.15) is 5.52 Å². The summed E-state index contributed by atoms with van der Waals surface area (Å²) >= 11 is 1.27. The monoisotopic (exact) mass is 277 g/mol. The first kappa shape index (κ1) is 12.5. The maximum atomic E-state index is 10.7. The van der Waals surface area contributed by atoms with Crippen LogP contribution in [0.4, 0.5) is 0 Å². The van der Waals surface area contributed by atoms with Crippen LogP contribution in [0.1, 0.15) is 19.8 Å². The molecule has 0 bridgehead atoms. The molecule has 0 unspecified atom stereocenters. The van der Waals surface area contributed by atoms with Crippen molar-refractivity contribution in [1.29, 1.82) is 0 Å². The summed E-state index contributed by atoms with van der Waals surface area (Å²) in [5, 5.41) is 9.59. The summed E-state index contributed by atoms with van der Waals surface area (Å²) in [4.78, 5) is 19.3. The average Bonchev–Trinajstić information content (AvgIpc) is 3.00. The number of carbonyl (C=O) groups is 1. The lowest BCUT2D eigenvalue weighted by Gasteiger charge is -2.13. The molecule has 0 aliphatic heterocycles. The van der Waals surface area contributed by atoms with Gasteiger partial charge < -0.3 is 9.67 Å². The minimum atomic E-state index is -0.820. The Kier molecular flexibility index (Phi) is 2.97. The molecule has 0 amide bonds. The highest BCUT2D eigenvalue weighted by Gasteiger charge is 2.38. The molecular formula is C13H15N3O2S. The summed E-state index contributed by atoms with van der Waals surface area (Å²) in [7, 11) is 0. The van der Waals surface area contributed by atoms with Gasteiger partial charge in [-0.25, -0.2) is 4.98 Å². The van der Waals surface area contributed by atoms with Gasteiger partial charge >= 0.3 is 5.97 Å². The number of carboxylic acid groups (broad SMARTS) is 1. The zero-order chi connectivity index (χ0) is 13.5. The SMILES string of the molecule is CC1(Cn2c(SCC(=O)O)nc3cnccc32)CC1. The van der Waals surface area contributed by atoms with E-state index in [-0.39, 0.29) is 5.75 Å². The summed E-state index contributed by atoms with van der Waals surface area (Å²) in [6.07, 6.45) is 5.93. The second kappa shape index (κ2) is 4.52. The Morgan fingerprint density at radius 2 is 2.37 bits per heavy atom. The van der Waals surface area contributed by atoms with E-state index >= 15 is 0 Å². The van der Waals surface area contributed by atoms with Crippen LogP contribution < -0.4 is 0 Å². The molecule has 1 N–H and O–H groups in total. The number of nitrogens with zero attached hydrogens (tertiary/aromatic N) is 3. The van der Waals surface area contributed by atoms with Gasteiger partial charge in [-0.05, 0) is 24.3 Å². The molecule has 19 heavy (non-hydrogen) atoms. The summed E-state index contributed by atoms with van der Waals surface area (Å²) < 4.78 is 2.14. The third kappa shape index (κ3) is 2.58. The van der Waals surface area contributed by atoms with E-state index in [1.54, 1.807) is 12.4 Å². The van der Waals surface area contributed by atoms with Crippen molar-refractivity contribution < 1.29 is 9.90 Å². The molecule has 100 valence electrons. The highest BCUT2D eigenvalue weighted by Crippen LogP contribution is 2.47. The molecule has 1 fully saturated rings. The number of imidazole rings is 1. The Balaban J connectivity index is 1.98. The van der Waals surface area contributed by atoms with Crippen LogP contribution in [0.25, 0.3) is 11.0 Å². The largest absolute Gasteiger partial charge is 0.481 e. The van der Waals surface area contributed by atoms with Crippen molar-refractivity contribution in [3.63, 3.8) is 0 Å². The first-order chi connectivity index (χ1) is 9.07. The number of hydrogen-bond acceptors (Lipinski definition) is 4. The van der Waals surface area contributed by atoms with E-state index in [1.165, 1.54) is 24.6 Å². The van der Waals surface area contributed by atoms with E-state index in [9.17, 15) is 4.79 Å². The number of pyridine rings is 1. The van der Waals surface area contributed by atoms with Crippen molar-refractivity contribution >= 4 is 28.8 Å². The van der Waals surface area contributed by atoms with Gasteiger partial charge in [0.25, 0.3) is 0 Å². The van der Waals surface area contributed by atoms with Crippen molar-refractivity contribution in [2.24, 2.45) is 5.41 Å². The molecule has 2 heterocycles. The first-order valence-corrected chi connectivity index (χ1v) is 7.21. The molecule has 0 aromatic carbocycles. The molecular weight excluding hydrogens is 262 g/mol. The van der Waals surface area contributed by atoms with Crippen LogP contribution in [0.5, 0.6) is 0 Å². The maximum absolute atomic E-state index is 10.7. The van der Waals surface area contributed by atoms with Crippen molar-refractivity contribution in [2.45, 2.75) is 31.5 Å². The fourth-order valence-corrected chi connectivity index (χ4v) is 2.84. The van der Waals surface area contributed by atoms with Crippen molar-refractivity contribution in [3.8, 4) is 0 Å². The molecule has 0 atom stereocenters. The van der Waals surface area contributed by atoms with Gasteiger partial charge in [-0.1, -0.05) is 18.7 Å². The fraction of sp³-hybridized carbons (Fsp3) is 0.462. The van der Waals surface area contributed by atoms with Crippen LogP contribution in [0.2, 0.25) is 0 Å². The summed E-state index contributed by atoms with van der Waals surface area (Å²) in [5.41, 5.74) is 2.21. The van der Waals surface area contributed by atoms with Gasteiger partial charge in [0, 0.05) is 12.7 Å². The quantitative estimate of drug-likeness (QED) is 0.850. The molecule has 2 aromatic heterocycles. The Morgan fingerprint density at radius 1 is 1.58 bits per heavy atom. The van der Waals surface area contributed by atoms with E-state index in [0.29, 0.717) is 5.41 Å². The Morgan fingerprint density at radius 3 is 3.05 bits per heavy atom. The number of thioether (sulfide) groups is 1. The molecule has 0 radical (unpaired) electrons. The van der Waals surface area contributed by atoms with Crippen molar-refractivity contribution in [1.82, 2.24) is 14.5 Å². The van der Waals surface area contributed by atoms with Crippen LogP contribution in [0.3, 0.4) is 0 Å². The molecule has 0 saturated heterocycles. The summed E-state index contributed by atoms with van der Waals surface area (Å²) in [6, 6.07) is 1.94. The van der Waals surface area contributed by atoms with Crippen LogP contribution in [0.15, 0.2) is 23.6 Å². The topological polar surface area (TPSA) is 68.0 Å². The molecule has 1 aliphatic carbocycles. The maximum Gasteiger partial charge on any atom is 0.313 e. The molecule has 5 nitrogen and oxygen atoms in total. The second-order valence-electron chi connectivity index (χ2n) is 5.34. The molecule has 2 aromatic rings. The lowest BCUT2D eigenvalue weighted by atomic mass is 10.1.